The summed E-state index contributed by atoms with van der Waals surface area (Å²) in [4.78, 5) is 15.9. The van der Waals surface area contributed by atoms with Crippen molar-refractivity contribution < 1.29 is 9.90 Å². The van der Waals surface area contributed by atoms with Crippen molar-refractivity contribution in [1.82, 2.24) is 4.98 Å². The van der Waals surface area contributed by atoms with Crippen LogP contribution in [0.1, 0.15) is 11.1 Å². The molecular weight excluding hydrogens is 308 g/mol. The van der Waals surface area contributed by atoms with E-state index in [2.05, 4.69) is 26.2 Å². The van der Waals surface area contributed by atoms with Gasteiger partial charge in [0.2, 0.25) is 5.91 Å². The van der Waals surface area contributed by atoms with Crippen LogP contribution in [0.25, 0.3) is 0 Å². The lowest BCUT2D eigenvalue weighted by Crippen LogP contribution is -2.15. The third-order valence-corrected chi connectivity index (χ3v) is 3.10. The Labute approximate surface area is 119 Å². The summed E-state index contributed by atoms with van der Waals surface area (Å²) >= 11 is 3.37. The molecule has 1 aromatic carbocycles. The molecule has 0 bridgehead atoms. The zero-order valence-electron chi connectivity index (χ0n) is 10.1. The third kappa shape index (κ3) is 3.87. The van der Waals surface area contributed by atoms with E-state index in [4.69, 9.17) is 0 Å². The Morgan fingerprint density at radius 3 is 2.95 bits per heavy atom. The molecule has 0 unspecified atom stereocenters. The van der Waals surface area contributed by atoms with E-state index >= 15 is 0 Å². The van der Waals surface area contributed by atoms with Gasteiger partial charge in [-0.1, -0.05) is 28.1 Å². The van der Waals surface area contributed by atoms with E-state index in [9.17, 15) is 9.90 Å². The highest BCUT2D eigenvalue weighted by Crippen LogP contribution is 2.15. The highest BCUT2D eigenvalue weighted by atomic mass is 79.9. The highest BCUT2D eigenvalue weighted by molar-refractivity contribution is 9.10. The molecule has 0 saturated heterocycles. The van der Waals surface area contributed by atoms with Crippen molar-refractivity contribution in [2.24, 2.45) is 0 Å². The second-order valence-electron chi connectivity index (χ2n) is 4.05. The van der Waals surface area contributed by atoms with E-state index in [1.165, 1.54) is 6.20 Å². The van der Waals surface area contributed by atoms with Crippen LogP contribution in [-0.2, 0) is 17.8 Å². The first-order valence-corrected chi connectivity index (χ1v) is 6.56. The Bertz CT molecular complexity index is 587. The number of aliphatic hydroxyl groups excluding tert-OH is 1. The van der Waals surface area contributed by atoms with Gasteiger partial charge in [0, 0.05) is 16.2 Å². The molecule has 0 spiro atoms. The summed E-state index contributed by atoms with van der Waals surface area (Å²) in [5, 5.41) is 11.9. The zero-order chi connectivity index (χ0) is 13.7. The molecule has 0 radical (unpaired) electrons. The van der Waals surface area contributed by atoms with Crippen molar-refractivity contribution in [3.05, 3.63) is 58.3 Å². The summed E-state index contributed by atoms with van der Waals surface area (Å²) in [6.07, 6.45) is 3.39. The molecule has 2 aromatic rings. The summed E-state index contributed by atoms with van der Waals surface area (Å²) < 4.78 is 0.940. The number of pyridine rings is 1. The van der Waals surface area contributed by atoms with Gasteiger partial charge in [0.05, 0.1) is 24.9 Å². The molecule has 19 heavy (non-hydrogen) atoms. The first kappa shape index (κ1) is 13.7. The first-order valence-electron chi connectivity index (χ1n) is 5.77. The summed E-state index contributed by atoms with van der Waals surface area (Å²) in [5.74, 6) is -0.138. The Hall–Kier alpha value is -1.72. The molecule has 98 valence electrons. The van der Waals surface area contributed by atoms with Crippen LogP contribution in [0, 0.1) is 0 Å². The van der Waals surface area contributed by atoms with Crippen molar-refractivity contribution in [1.29, 1.82) is 0 Å². The van der Waals surface area contributed by atoms with Crippen molar-refractivity contribution in [3.8, 4) is 0 Å². The SMILES string of the molecule is O=C(Cc1cccc(Br)c1)Nc1cnccc1CO. The second-order valence-corrected chi connectivity index (χ2v) is 4.96. The fourth-order valence-corrected chi connectivity index (χ4v) is 2.15. The number of carbonyl (C=O) groups is 1. The average molecular weight is 321 g/mol. The Morgan fingerprint density at radius 2 is 2.21 bits per heavy atom. The Balaban J connectivity index is 2.05. The van der Waals surface area contributed by atoms with E-state index in [0.29, 0.717) is 11.3 Å². The molecule has 5 heteroatoms. The number of benzene rings is 1. The minimum absolute atomic E-state index is 0.130. The minimum Gasteiger partial charge on any atom is -0.392 e. The number of amides is 1. The molecule has 0 aliphatic rings. The van der Waals surface area contributed by atoms with Crippen molar-refractivity contribution in [3.63, 3.8) is 0 Å². The van der Waals surface area contributed by atoms with E-state index in [-0.39, 0.29) is 18.9 Å². The molecule has 0 atom stereocenters. The maximum atomic E-state index is 11.9. The van der Waals surface area contributed by atoms with Crippen LogP contribution in [0.2, 0.25) is 0 Å². The van der Waals surface area contributed by atoms with Crippen molar-refractivity contribution in [2.75, 3.05) is 5.32 Å². The number of carbonyl (C=O) groups excluding carboxylic acids is 1. The van der Waals surface area contributed by atoms with Gasteiger partial charge in [-0.05, 0) is 23.8 Å². The zero-order valence-corrected chi connectivity index (χ0v) is 11.7. The first-order chi connectivity index (χ1) is 9.19. The van der Waals surface area contributed by atoms with Gasteiger partial charge in [0.1, 0.15) is 0 Å². The summed E-state index contributed by atoms with van der Waals surface area (Å²) in [6, 6.07) is 9.26. The number of aliphatic hydroxyl groups is 1. The lowest BCUT2D eigenvalue weighted by molar-refractivity contribution is -0.115. The molecule has 0 aliphatic heterocycles. The Kier molecular flexibility index (Phi) is 4.65. The molecule has 0 fully saturated rings. The lowest BCUT2D eigenvalue weighted by Gasteiger charge is -2.08. The standard InChI is InChI=1S/C14H13BrN2O2/c15-12-3-1-2-10(6-12)7-14(19)17-13-8-16-5-4-11(13)9-18/h1-6,8,18H,7,9H2,(H,17,19). The van der Waals surface area contributed by atoms with Crippen LogP contribution in [0.3, 0.4) is 0 Å². The maximum absolute atomic E-state index is 11.9. The number of nitrogens with zero attached hydrogens (tertiary/aromatic N) is 1. The fraction of sp³-hybridized carbons (Fsp3) is 0.143. The summed E-state index contributed by atoms with van der Waals surface area (Å²) in [6.45, 7) is -0.130. The number of nitrogens with one attached hydrogen (secondary N) is 1. The number of rotatable bonds is 4. The normalized spacial score (nSPS) is 10.2. The van der Waals surface area contributed by atoms with Gasteiger partial charge < -0.3 is 10.4 Å². The van der Waals surface area contributed by atoms with Gasteiger partial charge in [-0.2, -0.15) is 0 Å². The highest BCUT2D eigenvalue weighted by Gasteiger charge is 2.07. The van der Waals surface area contributed by atoms with Gasteiger partial charge >= 0.3 is 0 Å². The molecule has 1 heterocycles. The maximum Gasteiger partial charge on any atom is 0.228 e. The monoisotopic (exact) mass is 320 g/mol. The van der Waals surface area contributed by atoms with Crippen molar-refractivity contribution in [2.45, 2.75) is 13.0 Å². The van der Waals surface area contributed by atoms with Crippen molar-refractivity contribution >= 4 is 27.5 Å². The fourth-order valence-electron chi connectivity index (χ4n) is 1.70. The molecule has 2 N–H and O–H groups in total. The molecule has 1 aromatic heterocycles. The largest absolute Gasteiger partial charge is 0.392 e. The van der Waals surface area contributed by atoms with Crippen LogP contribution in [0.15, 0.2) is 47.2 Å². The third-order valence-electron chi connectivity index (χ3n) is 2.61. The van der Waals surface area contributed by atoms with Crippen LogP contribution in [0.5, 0.6) is 0 Å². The van der Waals surface area contributed by atoms with E-state index < -0.39 is 0 Å². The summed E-state index contributed by atoms with van der Waals surface area (Å²) in [5.41, 5.74) is 2.11. The van der Waals surface area contributed by atoms with E-state index in [1.807, 2.05) is 24.3 Å². The summed E-state index contributed by atoms with van der Waals surface area (Å²) in [7, 11) is 0. The van der Waals surface area contributed by atoms with Gasteiger partial charge in [-0.15, -0.1) is 0 Å². The number of aromatic nitrogens is 1. The molecule has 0 saturated carbocycles. The quantitative estimate of drug-likeness (QED) is 0.910. The smallest absolute Gasteiger partial charge is 0.228 e. The van der Waals surface area contributed by atoms with Gasteiger partial charge in [-0.25, -0.2) is 0 Å². The van der Waals surface area contributed by atoms with Crippen LogP contribution in [-0.4, -0.2) is 16.0 Å². The number of hydrogen-bond acceptors (Lipinski definition) is 3. The topological polar surface area (TPSA) is 62.2 Å². The number of halogens is 1. The van der Waals surface area contributed by atoms with E-state index in [0.717, 1.165) is 10.0 Å². The van der Waals surface area contributed by atoms with Gasteiger partial charge in [0.25, 0.3) is 0 Å². The molecule has 0 aliphatic carbocycles. The minimum atomic E-state index is -0.138. The van der Waals surface area contributed by atoms with Crippen LogP contribution >= 0.6 is 15.9 Å². The number of hydrogen-bond donors (Lipinski definition) is 2. The van der Waals surface area contributed by atoms with Gasteiger partial charge in [0.15, 0.2) is 0 Å². The van der Waals surface area contributed by atoms with E-state index in [1.54, 1.807) is 12.3 Å². The second kappa shape index (κ2) is 6.45. The Morgan fingerprint density at radius 1 is 1.37 bits per heavy atom. The predicted octanol–water partition coefficient (Wildman–Crippen LogP) is 2.52. The van der Waals surface area contributed by atoms with Gasteiger partial charge in [-0.3, -0.25) is 9.78 Å². The number of anilines is 1. The molecular formula is C14H13BrN2O2. The molecule has 4 nitrogen and oxygen atoms in total. The lowest BCUT2D eigenvalue weighted by atomic mass is 10.1. The predicted molar refractivity (Wildman–Crippen MR) is 76.6 cm³/mol. The molecule has 1 amide bonds. The van der Waals surface area contributed by atoms with Crippen LogP contribution in [0.4, 0.5) is 5.69 Å². The molecule has 2 rings (SSSR count). The average Bonchev–Trinajstić information content (AvgIpc) is 2.39. The van der Waals surface area contributed by atoms with Crippen LogP contribution < -0.4 is 5.32 Å².